The Morgan fingerprint density at radius 1 is 1.15 bits per heavy atom. The monoisotopic (exact) mass is 417 g/mol. The molecule has 4 nitrogen and oxygen atoms in total. The number of halogens is 2. The summed E-state index contributed by atoms with van der Waals surface area (Å²) < 4.78 is 0. The molecule has 3 aromatic rings. The van der Waals surface area contributed by atoms with Gasteiger partial charge in [0.1, 0.15) is 4.88 Å². The first-order valence-corrected chi connectivity index (χ1v) is 9.73. The summed E-state index contributed by atoms with van der Waals surface area (Å²) in [5.74, 6) is -1.52. The highest BCUT2D eigenvalue weighted by Crippen LogP contribution is 2.50. The molecule has 0 bridgehead atoms. The quantitative estimate of drug-likeness (QED) is 0.557. The van der Waals surface area contributed by atoms with Gasteiger partial charge in [-0.05, 0) is 23.3 Å². The number of carbonyl (C=O) groups excluding carboxylic acids is 1. The fraction of sp³-hybridized carbons (Fsp3) is 0.100. The third kappa shape index (κ3) is 3.23. The Kier molecular flexibility index (Phi) is 4.68. The number of carbonyl (C=O) groups is 2. The minimum Gasteiger partial charge on any atom is -0.477 e. The molecule has 136 valence electrons. The van der Waals surface area contributed by atoms with Gasteiger partial charge in [0.15, 0.2) is 0 Å². The predicted molar refractivity (Wildman–Crippen MR) is 108 cm³/mol. The van der Waals surface area contributed by atoms with Gasteiger partial charge in [0.2, 0.25) is 5.91 Å². The van der Waals surface area contributed by atoms with E-state index in [0.717, 1.165) is 16.0 Å². The first-order chi connectivity index (χ1) is 13.0. The molecule has 1 amide bonds. The maximum atomic E-state index is 12.4. The molecule has 2 aromatic carbocycles. The minimum atomic E-state index is -1.02. The van der Waals surface area contributed by atoms with Gasteiger partial charge in [-0.3, -0.25) is 4.79 Å². The second-order valence-corrected chi connectivity index (χ2v) is 8.08. The van der Waals surface area contributed by atoms with Crippen LogP contribution in [0.25, 0.3) is 11.1 Å². The lowest BCUT2D eigenvalue weighted by Crippen LogP contribution is -2.22. The molecule has 4 rings (SSSR count). The second kappa shape index (κ2) is 7.00. The van der Waals surface area contributed by atoms with Crippen LogP contribution in [0.5, 0.6) is 0 Å². The number of nitrogens with one attached hydrogen (secondary N) is 1. The van der Waals surface area contributed by atoms with E-state index in [0.29, 0.717) is 21.3 Å². The number of rotatable bonds is 3. The first kappa shape index (κ1) is 18.0. The van der Waals surface area contributed by atoms with E-state index in [9.17, 15) is 14.7 Å². The molecule has 0 saturated heterocycles. The standard InChI is InChI=1S/C20H13Cl2NO3S/c21-11-6-7-12(14(22)8-11)13-9-15(24)23-17-16(10-4-2-1-3-5-10)19(20(25)26)27-18(13)17/h1-8,13H,9H2,(H,23,24)(H,25,26). The van der Waals surface area contributed by atoms with Gasteiger partial charge in [0.05, 0.1) is 5.69 Å². The Labute approximate surface area is 169 Å². The van der Waals surface area contributed by atoms with Crippen LogP contribution in [0.15, 0.2) is 48.5 Å². The first-order valence-electron chi connectivity index (χ1n) is 8.16. The number of carboxylic acids is 1. The SMILES string of the molecule is O=C1CC(c2ccc(Cl)cc2Cl)c2sc(C(=O)O)c(-c3ccccc3)c2N1. The fourth-order valence-electron chi connectivity index (χ4n) is 3.35. The third-order valence-electron chi connectivity index (χ3n) is 4.50. The number of fused-ring (bicyclic) bond motifs is 1. The lowest BCUT2D eigenvalue weighted by atomic mass is 9.88. The van der Waals surface area contributed by atoms with Gasteiger partial charge in [-0.25, -0.2) is 4.79 Å². The number of thiophene rings is 1. The van der Waals surface area contributed by atoms with Crippen molar-refractivity contribution in [2.45, 2.75) is 12.3 Å². The molecule has 2 N–H and O–H groups in total. The molecule has 27 heavy (non-hydrogen) atoms. The van der Waals surface area contributed by atoms with Crippen LogP contribution in [0.3, 0.4) is 0 Å². The normalized spacial score (nSPS) is 15.9. The maximum Gasteiger partial charge on any atom is 0.346 e. The molecule has 1 unspecified atom stereocenters. The maximum absolute atomic E-state index is 12.4. The summed E-state index contributed by atoms with van der Waals surface area (Å²) in [5, 5.41) is 13.6. The Morgan fingerprint density at radius 3 is 2.56 bits per heavy atom. The molecule has 0 fully saturated rings. The average molecular weight is 418 g/mol. The molecule has 1 aliphatic rings. The van der Waals surface area contributed by atoms with Crippen molar-refractivity contribution in [2.24, 2.45) is 0 Å². The second-order valence-electron chi connectivity index (χ2n) is 6.19. The number of carboxylic acid groups (broad SMARTS) is 1. The minimum absolute atomic E-state index is 0.176. The van der Waals surface area contributed by atoms with E-state index in [1.165, 1.54) is 11.3 Å². The highest BCUT2D eigenvalue weighted by Gasteiger charge is 2.35. The van der Waals surface area contributed by atoms with E-state index < -0.39 is 5.97 Å². The van der Waals surface area contributed by atoms with E-state index in [-0.39, 0.29) is 23.1 Å². The van der Waals surface area contributed by atoms with Gasteiger partial charge in [-0.2, -0.15) is 0 Å². The van der Waals surface area contributed by atoms with E-state index in [2.05, 4.69) is 5.32 Å². The van der Waals surface area contributed by atoms with Crippen molar-refractivity contribution in [1.29, 1.82) is 0 Å². The number of hydrogen-bond acceptors (Lipinski definition) is 3. The number of benzene rings is 2. The summed E-state index contributed by atoms with van der Waals surface area (Å²) >= 11 is 13.5. The molecular formula is C20H13Cl2NO3S. The smallest absolute Gasteiger partial charge is 0.346 e. The summed E-state index contributed by atoms with van der Waals surface area (Å²) in [6, 6.07) is 14.3. The van der Waals surface area contributed by atoms with Gasteiger partial charge >= 0.3 is 5.97 Å². The van der Waals surface area contributed by atoms with Gasteiger partial charge in [0.25, 0.3) is 0 Å². The molecule has 1 atom stereocenters. The Balaban J connectivity index is 1.95. The van der Waals surface area contributed by atoms with Crippen molar-refractivity contribution in [3.05, 3.63) is 73.9 Å². The summed E-state index contributed by atoms with van der Waals surface area (Å²) in [7, 11) is 0. The summed E-state index contributed by atoms with van der Waals surface area (Å²) in [4.78, 5) is 25.3. The molecular weight excluding hydrogens is 405 g/mol. The topological polar surface area (TPSA) is 66.4 Å². The van der Waals surface area contributed by atoms with Crippen LogP contribution in [-0.2, 0) is 4.79 Å². The molecule has 0 aliphatic carbocycles. The van der Waals surface area contributed by atoms with Crippen LogP contribution >= 0.6 is 34.5 Å². The number of amides is 1. The van der Waals surface area contributed by atoms with Gasteiger partial charge < -0.3 is 10.4 Å². The molecule has 0 spiro atoms. The Morgan fingerprint density at radius 2 is 1.89 bits per heavy atom. The van der Waals surface area contributed by atoms with Gasteiger partial charge in [0, 0.05) is 32.8 Å². The van der Waals surface area contributed by atoms with Crippen LogP contribution in [0.2, 0.25) is 10.0 Å². The zero-order valence-corrected chi connectivity index (χ0v) is 16.2. The van der Waals surface area contributed by atoms with Crippen molar-refractivity contribution in [1.82, 2.24) is 0 Å². The van der Waals surface area contributed by atoms with Gasteiger partial charge in [-0.15, -0.1) is 11.3 Å². The summed E-state index contributed by atoms with van der Waals surface area (Å²) in [6.45, 7) is 0. The molecule has 1 aromatic heterocycles. The van der Waals surface area contributed by atoms with Crippen molar-refractivity contribution in [3.8, 4) is 11.1 Å². The number of anilines is 1. The third-order valence-corrected chi connectivity index (χ3v) is 6.35. The van der Waals surface area contributed by atoms with Crippen molar-refractivity contribution < 1.29 is 14.7 Å². The number of aromatic carboxylic acids is 1. The Bertz CT molecular complexity index is 1060. The predicted octanol–water partition coefficient (Wildman–Crippen LogP) is 5.89. The van der Waals surface area contributed by atoms with E-state index in [1.54, 1.807) is 18.2 Å². The molecule has 2 heterocycles. The van der Waals surface area contributed by atoms with Crippen LogP contribution < -0.4 is 5.32 Å². The van der Waals surface area contributed by atoms with E-state index in [4.69, 9.17) is 23.2 Å². The molecule has 7 heteroatoms. The lowest BCUT2D eigenvalue weighted by Gasteiger charge is -2.24. The summed E-state index contributed by atoms with van der Waals surface area (Å²) in [5.41, 5.74) is 2.59. The van der Waals surface area contributed by atoms with Crippen molar-refractivity contribution in [3.63, 3.8) is 0 Å². The fourth-order valence-corrected chi connectivity index (χ4v) is 5.13. The van der Waals surface area contributed by atoms with E-state index >= 15 is 0 Å². The number of hydrogen-bond donors (Lipinski definition) is 2. The average Bonchev–Trinajstić information content (AvgIpc) is 3.01. The van der Waals surface area contributed by atoms with Crippen LogP contribution in [0.1, 0.15) is 32.5 Å². The van der Waals surface area contributed by atoms with Gasteiger partial charge in [-0.1, -0.05) is 59.6 Å². The lowest BCUT2D eigenvalue weighted by molar-refractivity contribution is -0.116. The zero-order valence-electron chi connectivity index (χ0n) is 13.8. The highest BCUT2D eigenvalue weighted by molar-refractivity contribution is 7.15. The van der Waals surface area contributed by atoms with Crippen LogP contribution in [0.4, 0.5) is 5.69 Å². The molecule has 1 aliphatic heterocycles. The van der Waals surface area contributed by atoms with Crippen LogP contribution in [0, 0.1) is 0 Å². The molecule has 0 radical (unpaired) electrons. The zero-order chi connectivity index (χ0) is 19.1. The Hall–Kier alpha value is -2.34. The van der Waals surface area contributed by atoms with Crippen molar-refractivity contribution >= 4 is 52.1 Å². The van der Waals surface area contributed by atoms with Crippen LogP contribution in [-0.4, -0.2) is 17.0 Å². The highest BCUT2D eigenvalue weighted by atomic mass is 35.5. The largest absolute Gasteiger partial charge is 0.477 e. The summed E-state index contributed by atoms with van der Waals surface area (Å²) in [6.07, 6.45) is 0.197. The molecule has 0 saturated carbocycles. The van der Waals surface area contributed by atoms with Crippen molar-refractivity contribution in [2.75, 3.05) is 5.32 Å². The van der Waals surface area contributed by atoms with E-state index in [1.807, 2.05) is 30.3 Å².